The van der Waals surface area contributed by atoms with Gasteiger partial charge in [0.25, 0.3) is 0 Å². The molecular weight excluding hydrogens is 262 g/mol. The van der Waals surface area contributed by atoms with Gasteiger partial charge in [0.2, 0.25) is 5.91 Å². The van der Waals surface area contributed by atoms with Crippen LogP contribution in [0.15, 0.2) is 24.3 Å². The van der Waals surface area contributed by atoms with E-state index >= 15 is 0 Å². The second-order valence-electron chi connectivity index (χ2n) is 5.76. The van der Waals surface area contributed by atoms with E-state index in [1.54, 1.807) is 18.2 Å². The smallest absolute Gasteiger partial charge is 0.224 e. The third-order valence-corrected chi connectivity index (χ3v) is 4.14. The predicted octanol–water partition coefficient (Wildman–Crippen LogP) is 3.15. The average Bonchev–Trinajstić information content (AvgIpc) is 3.01. The summed E-state index contributed by atoms with van der Waals surface area (Å²) in [5.74, 6) is 0.0184. The predicted molar refractivity (Wildman–Crippen MR) is 83.9 cm³/mol. The maximum atomic E-state index is 11.9. The van der Waals surface area contributed by atoms with Crippen LogP contribution in [0.5, 0.6) is 0 Å². The molecule has 0 unspecified atom stereocenters. The fourth-order valence-corrected chi connectivity index (χ4v) is 2.91. The molecule has 4 nitrogen and oxygen atoms in total. The second-order valence-corrected chi connectivity index (χ2v) is 5.76. The molecule has 1 aliphatic rings. The highest BCUT2D eigenvalue weighted by molar-refractivity contribution is 5.90. The third kappa shape index (κ3) is 4.87. The Kier molecular flexibility index (Phi) is 5.77. The first-order chi connectivity index (χ1) is 10.2. The van der Waals surface area contributed by atoms with E-state index in [2.05, 4.69) is 23.3 Å². The van der Waals surface area contributed by atoms with Crippen LogP contribution in [0.25, 0.3) is 0 Å². The van der Waals surface area contributed by atoms with Crippen LogP contribution in [-0.2, 0) is 4.79 Å². The van der Waals surface area contributed by atoms with E-state index in [-0.39, 0.29) is 5.91 Å². The van der Waals surface area contributed by atoms with Crippen molar-refractivity contribution in [1.29, 1.82) is 5.26 Å². The summed E-state index contributed by atoms with van der Waals surface area (Å²) in [5.41, 5.74) is 1.26. The van der Waals surface area contributed by atoms with Crippen LogP contribution in [0.4, 0.5) is 5.69 Å². The normalized spacial score (nSPS) is 15.1. The topological polar surface area (TPSA) is 56.1 Å². The number of benzene rings is 1. The lowest BCUT2D eigenvalue weighted by atomic mass is 10.2. The molecule has 1 fully saturated rings. The summed E-state index contributed by atoms with van der Waals surface area (Å²) in [5, 5.41) is 11.7. The van der Waals surface area contributed by atoms with Gasteiger partial charge in [0.1, 0.15) is 0 Å². The van der Waals surface area contributed by atoms with E-state index in [0.717, 1.165) is 13.0 Å². The summed E-state index contributed by atoms with van der Waals surface area (Å²) in [6, 6.07) is 9.79. The van der Waals surface area contributed by atoms with E-state index in [9.17, 15) is 4.79 Å². The minimum absolute atomic E-state index is 0.0184. The Balaban J connectivity index is 1.70. The number of rotatable bonds is 6. The van der Waals surface area contributed by atoms with E-state index in [1.807, 2.05) is 6.07 Å². The molecule has 1 saturated carbocycles. The molecular formula is C17H23N3O. The Labute approximate surface area is 126 Å². The van der Waals surface area contributed by atoms with Crippen LogP contribution in [0, 0.1) is 11.3 Å². The summed E-state index contributed by atoms with van der Waals surface area (Å²) in [6.45, 7) is 0.969. The highest BCUT2D eigenvalue weighted by Crippen LogP contribution is 2.22. The molecule has 0 atom stereocenters. The van der Waals surface area contributed by atoms with E-state index in [4.69, 9.17) is 5.26 Å². The average molecular weight is 285 g/mol. The Hall–Kier alpha value is -1.86. The molecule has 1 N–H and O–H groups in total. The van der Waals surface area contributed by atoms with Gasteiger partial charge in [-0.2, -0.15) is 5.26 Å². The van der Waals surface area contributed by atoms with Crippen molar-refractivity contribution in [2.45, 2.75) is 44.6 Å². The first-order valence-corrected chi connectivity index (χ1v) is 7.69. The van der Waals surface area contributed by atoms with Crippen LogP contribution in [0.2, 0.25) is 0 Å². The summed E-state index contributed by atoms with van der Waals surface area (Å²) in [4.78, 5) is 14.3. The summed E-state index contributed by atoms with van der Waals surface area (Å²) >= 11 is 0. The molecule has 0 aliphatic heterocycles. The van der Waals surface area contributed by atoms with Crippen LogP contribution in [-0.4, -0.2) is 30.4 Å². The maximum absolute atomic E-state index is 11.9. The zero-order valence-corrected chi connectivity index (χ0v) is 12.6. The van der Waals surface area contributed by atoms with E-state index in [1.165, 1.54) is 25.7 Å². The van der Waals surface area contributed by atoms with Crippen molar-refractivity contribution in [1.82, 2.24) is 4.90 Å². The summed E-state index contributed by atoms with van der Waals surface area (Å²) in [6.07, 6.45) is 6.66. The summed E-state index contributed by atoms with van der Waals surface area (Å²) in [7, 11) is 2.16. The molecule has 0 heterocycles. The van der Waals surface area contributed by atoms with E-state index in [0.29, 0.717) is 23.7 Å². The van der Waals surface area contributed by atoms with Gasteiger partial charge in [-0.1, -0.05) is 18.9 Å². The third-order valence-electron chi connectivity index (χ3n) is 4.14. The van der Waals surface area contributed by atoms with Gasteiger partial charge in [-0.05, 0) is 51.1 Å². The maximum Gasteiger partial charge on any atom is 0.224 e. The lowest BCUT2D eigenvalue weighted by Gasteiger charge is -2.23. The molecule has 4 heteroatoms. The van der Waals surface area contributed by atoms with Gasteiger partial charge in [-0.15, -0.1) is 0 Å². The standard InChI is InChI=1S/C17H23N3O/c1-20(16-8-2-3-9-16)11-5-10-17(21)19-15-7-4-6-14(12-15)13-18/h4,6-7,12,16H,2-3,5,8-11H2,1H3,(H,19,21). The number of carbonyl (C=O) groups excluding carboxylic acids is 1. The van der Waals surface area contributed by atoms with Gasteiger partial charge in [0.05, 0.1) is 11.6 Å². The van der Waals surface area contributed by atoms with Crippen LogP contribution < -0.4 is 5.32 Å². The molecule has 2 rings (SSSR count). The van der Waals surface area contributed by atoms with Crippen molar-refractivity contribution in [2.24, 2.45) is 0 Å². The first-order valence-electron chi connectivity index (χ1n) is 7.69. The van der Waals surface area contributed by atoms with E-state index < -0.39 is 0 Å². The SMILES string of the molecule is CN(CCCC(=O)Nc1cccc(C#N)c1)C1CCCC1. The molecule has 0 bridgehead atoms. The molecule has 1 aromatic rings. The Bertz CT molecular complexity index is 515. The van der Waals surface area contributed by atoms with Gasteiger partial charge in [0, 0.05) is 18.2 Å². The van der Waals surface area contributed by atoms with Gasteiger partial charge >= 0.3 is 0 Å². The minimum Gasteiger partial charge on any atom is -0.326 e. The van der Waals surface area contributed by atoms with Crippen molar-refractivity contribution in [2.75, 3.05) is 18.9 Å². The van der Waals surface area contributed by atoms with Gasteiger partial charge < -0.3 is 10.2 Å². The van der Waals surface area contributed by atoms with Crippen molar-refractivity contribution < 1.29 is 4.79 Å². The van der Waals surface area contributed by atoms with Crippen LogP contribution in [0.1, 0.15) is 44.1 Å². The van der Waals surface area contributed by atoms with Crippen molar-refractivity contribution in [3.05, 3.63) is 29.8 Å². The van der Waals surface area contributed by atoms with Crippen LogP contribution >= 0.6 is 0 Å². The monoisotopic (exact) mass is 285 g/mol. The molecule has 21 heavy (non-hydrogen) atoms. The Morgan fingerprint density at radius 1 is 1.43 bits per heavy atom. The first kappa shape index (κ1) is 15.5. The molecule has 112 valence electrons. The van der Waals surface area contributed by atoms with Crippen LogP contribution in [0.3, 0.4) is 0 Å². The number of anilines is 1. The van der Waals surface area contributed by atoms with Crippen molar-refractivity contribution in [3.8, 4) is 6.07 Å². The van der Waals surface area contributed by atoms with Gasteiger partial charge in [-0.25, -0.2) is 0 Å². The zero-order chi connectivity index (χ0) is 15.1. The number of nitrogens with zero attached hydrogens (tertiary/aromatic N) is 2. The molecule has 0 spiro atoms. The minimum atomic E-state index is 0.0184. The quantitative estimate of drug-likeness (QED) is 0.873. The number of nitrogens with one attached hydrogen (secondary N) is 1. The molecule has 0 radical (unpaired) electrons. The van der Waals surface area contributed by atoms with Gasteiger partial charge in [-0.3, -0.25) is 4.79 Å². The lowest BCUT2D eigenvalue weighted by molar-refractivity contribution is -0.116. The zero-order valence-electron chi connectivity index (χ0n) is 12.6. The number of nitriles is 1. The molecule has 0 saturated heterocycles. The Morgan fingerprint density at radius 2 is 2.19 bits per heavy atom. The Morgan fingerprint density at radius 3 is 2.90 bits per heavy atom. The highest BCUT2D eigenvalue weighted by Gasteiger charge is 2.19. The molecule has 1 amide bonds. The summed E-state index contributed by atoms with van der Waals surface area (Å²) < 4.78 is 0. The largest absolute Gasteiger partial charge is 0.326 e. The molecule has 1 aromatic carbocycles. The highest BCUT2D eigenvalue weighted by atomic mass is 16.1. The van der Waals surface area contributed by atoms with Gasteiger partial charge in [0.15, 0.2) is 0 Å². The fraction of sp³-hybridized carbons (Fsp3) is 0.529. The number of amides is 1. The van der Waals surface area contributed by atoms with Crippen molar-refractivity contribution in [3.63, 3.8) is 0 Å². The fourth-order valence-electron chi connectivity index (χ4n) is 2.91. The van der Waals surface area contributed by atoms with Crippen molar-refractivity contribution >= 4 is 11.6 Å². The molecule has 0 aromatic heterocycles. The molecule has 1 aliphatic carbocycles. The number of carbonyl (C=O) groups is 1. The second kappa shape index (κ2) is 7.80. The number of hydrogen-bond acceptors (Lipinski definition) is 3. The number of hydrogen-bond donors (Lipinski definition) is 1. The lowest BCUT2D eigenvalue weighted by Crippen LogP contribution is -2.30.